The molecular weight excluding hydrogens is 588 g/mol. The summed E-state index contributed by atoms with van der Waals surface area (Å²) in [6, 6.07) is 30.1. The molecule has 0 unspecified atom stereocenters. The van der Waals surface area contributed by atoms with E-state index in [1.807, 2.05) is 77.7 Å². The number of rotatable bonds is 7. The van der Waals surface area contributed by atoms with E-state index in [0.717, 1.165) is 63.4 Å². The van der Waals surface area contributed by atoms with E-state index in [-0.39, 0.29) is 23.9 Å². The van der Waals surface area contributed by atoms with Crippen LogP contribution in [0, 0.1) is 0 Å². The van der Waals surface area contributed by atoms with Gasteiger partial charge in [0.2, 0.25) is 0 Å². The SMILES string of the molecule is O=C(NC1CCC(N(Cc2cccc(-c3ccncc3)c2)C(=O)c2sc3ccccc3c2Cl)CC1)c1cc2ccccc2[nH]1. The summed E-state index contributed by atoms with van der Waals surface area (Å²) in [7, 11) is 0. The second-order valence-electron chi connectivity index (χ2n) is 11.4. The predicted molar refractivity (Wildman–Crippen MR) is 178 cm³/mol. The quantitative estimate of drug-likeness (QED) is 0.188. The molecule has 1 aliphatic rings. The maximum absolute atomic E-state index is 14.3. The second kappa shape index (κ2) is 12.3. The van der Waals surface area contributed by atoms with E-state index in [1.54, 1.807) is 12.4 Å². The Balaban J connectivity index is 1.12. The van der Waals surface area contributed by atoms with Gasteiger partial charge in [0.05, 0.1) is 5.02 Å². The number of para-hydroxylation sites is 1. The van der Waals surface area contributed by atoms with Gasteiger partial charge in [-0.05, 0) is 78.8 Å². The fraction of sp³-hybridized carbons (Fsp3) is 0.194. The van der Waals surface area contributed by atoms with Gasteiger partial charge in [0.1, 0.15) is 10.6 Å². The number of carbonyl (C=O) groups is 2. The summed E-state index contributed by atoms with van der Waals surface area (Å²) in [5.41, 5.74) is 4.74. The third-order valence-electron chi connectivity index (χ3n) is 8.53. The Labute approximate surface area is 264 Å². The zero-order valence-corrected chi connectivity index (χ0v) is 25.6. The molecule has 220 valence electrons. The summed E-state index contributed by atoms with van der Waals surface area (Å²) in [5, 5.41) is 5.66. The zero-order valence-electron chi connectivity index (χ0n) is 24.0. The highest BCUT2D eigenvalue weighted by Gasteiger charge is 2.32. The first-order valence-corrected chi connectivity index (χ1v) is 16.1. The number of pyridine rings is 1. The maximum Gasteiger partial charge on any atom is 0.267 e. The summed E-state index contributed by atoms with van der Waals surface area (Å²) in [4.78, 5) is 37.3. The van der Waals surface area contributed by atoms with E-state index < -0.39 is 0 Å². The summed E-state index contributed by atoms with van der Waals surface area (Å²) < 4.78 is 1.00. The fourth-order valence-corrected chi connectivity index (χ4v) is 7.70. The number of halogens is 1. The Bertz CT molecular complexity index is 1930. The van der Waals surface area contributed by atoms with Crippen molar-refractivity contribution in [2.45, 2.75) is 44.3 Å². The number of amides is 2. The third kappa shape index (κ3) is 5.73. The minimum absolute atomic E-state index is 0.0228. The molecule has 3 aromatic carbocycles. The summed E-state index contributed by atoms with van der Waals surface area (Å²) in [6.07, 6.45) is 6.73. The lowest BCUT2D eigenvalue weighted by Gasteiger charge is -2.37. The van der Waals surface area contributed by atoms with Crippen molar-refractivity contribution < 1.29 is 9.59 Å². The molecular formula is C36H31ClN4O2S. The van der Waals surface area contributed by atoms with Crippen molar-refractivity contribution in [3.05, 3.63) is 125 Å². The normalized spacial score (nSPS) is 16.7. The molecule has 44 heavy (non-hydrogen) atoms. The third-order valence-corrected chi connectivity index (χ3v) is 10.2. The number of aromatic amines is 1. The highest BCUT2D eigenvalue weighted by atomic mass is 35.5. The Kier molecular flexibility index (Phi) is 7.90. The summed E-state index contributed by atoms with van der Waals surface area (Å²) in [6.45, 7) is 0.471. The fourth-order valence-electron chi connectivity index (χ4n) is 6.23. The van der Waals surface area contributed by atoms with E-state index >= 15 is 0 Å². The number of hydrogen-bond donors (Lipinski definition) is 2. The molecule has 0 aliphatic heterocycles. The number of nitrogens with zero attached hydrogens (tertiary/aromatic N) is 2. The van der Waals surface area contributed by atoms with Gasteiger partial charge >= 0.3 is 0 Å². The topological polar surface area (TPSA) is 78.1 Å². The monoisotopic (exact) mass is 618 g/mol. The molecule has 0 atom stereocenters. The van der Waals surface area contributed by atoms with E-state index in [9.17, 15) is 9.59 Å². The molecule has 6 nitrogen and oxygen atoms in total. The van der Waals surface area contributed by atoms with Gasteiger partial charge in [0.25, 0.3) is 11.8 Å². The molecule has 0 radical (unpaired) electrons. The molecule has 0 spiro atoms. The molecule has 1 saturated carbocycles. The van der Waals surface area contributed by atoms with E-state index in [4.69, 9.17) is 11.6 Å². The van der Waals surface area contributed by atoms with Crippen LogP contribution in [-0.2, 0) is 6.54 Å². The standard InChI is InChI=1S/C36H31ClN4O2S/c37-33-29-9-2-4-11-32(29)44-34(33)36(43)41(22-23-6-5-8-25(20-23)24-16-18-38-19-17-24)28-14-12-27(13-15-28)39-35(42)31-21-26-7-1-3-10-30(26)40-31/h1-11,16-21,27-28,40H,12-15,22H2,(H,39,42). The minimum atomic E-state index is -0.0948. The summed E-state index contributed by atoms with van der Waals surface area (Å²) in [5.74, 6) is -0.140. The van der Waals surface area contributed by atoms with Crippen LogP contribution >= 0.6 is 22.9 Å². The van der Waals surface area contributed by atoms with E-state index in [0.29, 0.717) is 22.1 Å². The Morgan fingerprint density at radius 2 is 1.66 bits per heavy atom. The Morgan fingerprint density at radius 1 is 0.886 bits per heavy atom. The first kappa shape index (κ1) is 28.3. The van der Waals surface area contributed by atoms with Crippen molar-refractivity contribution in [3.8, 4) is 11.1 Å². The van der Waals surface area contributed by atoms with Crippen LogP contribution < -0.4 is 5.32 Å². The molecule has 0 bridgehead atoms. The summed E-state index contributed by atoms with van der Waals surface area (Å²) >= 11 is 8.27. The van der Waals surface area contributed by atoms with Crippen molar-refractivity contribution in [3.63, 3.8) is 0 Å². The van der Waals surface area contributed by atoms with Crippen LogP contribution in [0.3, 0.4) is 0 Å². The molecule has 7 rings (SSSR count). The van der Waals surface area contributed by atoms with Gasteiger partial charge < -0.3 is 15.2 Å². The maximum atomic E-state index is 14.3. The lowest BCUT2D eigenvalue weighted by molar-refractivity contribution is 0.0597. The second-order valence-corrected chi connectivity index (χ2v) is 12.8. The van der Waals surface area contributed by atoms with Crippen LogP contribution in [0.5, 0.6) is 0 Å². The van der Waals surface area contributed by atoms with Crippen LogP contribution in [0.25, 0.3) is 32.1 Å². The largest absolute Gasteiger partial charge is 0.351 e. The highest BCUT2D eigenvalue weighted by molar-refractivity contribution is 7.21. The first-order valence-electron chi connectivity index (χ1n) is 14.9. The molecule has 8 heteroatoms. The molecule has 1 aliphatic carbocycles. The van der Waals surface area contributed by atoms with Gasteiger partial charge in [-0.2, -0.15) is 0 Å². The van der Waals surface area contributed by atoms with Gasteiger partial charge in [0.15, 0.2) is 0 Å². The molecule has 1 fully saturated rings. The van der Waals surface area contributed by atoms with Crippen molar-refractivity contribution in [1.82, 2.24) is 20.2 Å². The van der Waals surface area contributed by atoms with Gasteiger partial charge in [-0.3, -0.25) is 14.6 Å². The molecule has 2 N–H and O–H groups in total. The molecule has 3 aromatic heterocycles. The van der Waals surface area contributed by atoms with Crippen LogP contribution in [0.15, 0.2) is 103 Å². The average Bonchev–Trinajstić information content (AvgIpc) is 3.66. The number of thiophene rings is 1. The Morgan fingerprint density at radius 3 is 2.45 bits per heavy atom. The number of benzene rings is 3. The minimum Gasteiger partial charge on any atom is -0.351 e. The lowest BCUT2D eigenvalue weighted by Crippen LogP contribution is -2.46. The predicted octanol–water partition coefficient (Wildman–Crippen LogP) is 8.48. The van der Waals surface area contributed by atoms with Gasteiger partial charge in [-0.25, -0.2) is 0 Å². The number of H-pyrrole nitrogens is 1. The number of fused-ring (bicyclic) bond motifs is 2. The van der Waals surface area contributed by atoms with Crippen LogP contribution in [0.2, 0.25) is 5.02 Å². The van der Waals surface area contributed by atoms with Gasteiger partial charge in [-0.1, -0.05) is 66.2 Å². The number of hydrogen-bond acceptors (Lipinski definition) is 4. The van der Waals surface area contributed by atoms with Crippen LogP contribution in [0.1, 0.15) is 51.4 Å². The van der Waals surface area contributed by atoms with Crippen molar-refractivity contribution in [2.24, 2.45) is 0 Å². The van der Waals surface area contributed by atoms with Crippen molar-refractivity contribution in [1.29, 1.82) is 0 Å². The number of aromatic nitrogens is 2. The number of carbonyl (C=O) groups excluding carboxylic acids is 2. The smallest absolute Gasteiger partial charge is 0.267 e. The molecule has 2 amide bonds. The van der Waals surface area contributed by atoms with E-state index in [2.05, 4.69) is 33.5 Å². The number of nitrogens with one attached hydrogen (secondary N) is 2. The molecule has 0 saturated heterocycles. The van der Waals surface area contributed by atoms with Gasteiger partial charge in [-0.15, -0.1) is 11.3 Å². The first-order chi connectivity index (χ1) is 21.5. The Hall–Kier alpha value is -4.46. The van der Waals surface area contributed by atoms with Crippen molar-refractivity contribution in [2.75, 3.05) is 0 Å². The van der Waals surface area contributed by atoms with Crippen LogP contribution in [0.4, 0.5) is 0 Å². The average molecular weight is 619 g/mol. The molecule has 3 heterocycles. The highest BCUT2D eigenvalue weighted by Crippen LogP contribution is 2.37. The van der Waals surface area contributed by atoms with Crippen molar-refractivity contribution >= 4 is 55.7 Å². The molecule has 6 aromatic rings. The van der Waals surface area contributed by atoms with Crippen LogP contribution in [-0.4, -0.2) is 38.8 Å². The van der Waals surface area contributed by atoms with E-state index in [1.165, 1.54) is 11.3 Å². The lowest BCUT2D eigenvalue weighted by atomic mass is 9.89. The zero-order chi connectivity index (χ0) is 30.0. The van der Waals surface area contributed by atoms with Gasteiger partial charge in [0, 0.05) is 52.0 Å².